The average molecular weight is 406 g/mol. The summed E-state index contributed by atoms with van der Waals surface area (Å²) in [6.07, 6.45) is 2.76. The lowest BCUT2D eigenvalue weighted by molar-refractivity contribution is -0.129. The first-order chi connectivity index (χ1) is 13.3. The first-order valence-electron chi connectivity index (χ1n) is 9.37. The molecule has 1 aliphatic heterocycles. The molecule has 28 heavy (non-hydrogen) atoms. The molecule has 3 rings (SSSR count). The average Bonchev–Trinajstić information content (AvgIpc) is 3.12. The zero-order valence-electron chi connectivity index (χ0n) is 16.4. The normalized spacial score (nSPS) is 17.5. The van der Waals surface area contributed by atoms with Crippen molar-refractivity contribution in [3.63, 3.8) is 0 Å². The summed E-state index contributed by atoms with van der Waals surface area (Å²) < 4.78 is 20.2. The Hall–Kier alpha value is -2.34. The van der Waals surface area contributed by atoms with E-state index in [2.05, 4.69) is 4.98 Å². The molecule has 2 aromatic rings. The van der Waals surface area contributed by atoms with Crippen molar-refractivity contribution in [3.8, 4) is 5.75 Å². The highest BCUT2D eigenvalue weighted by molar-refractivity contribution is 6.29. The molecule has 0 spiro atoms. The molecule has 0 saturated carbocycles. The number of nitrogens with zero attached hydrogens (tertiary/aromatic N) is 3. The first-order valence-corrected chi connectivity index (χ1v) is 9.74. The van der Waals surface area contributed by atoms with Gasteiger partial charge in [0.2, 0.25) is 5.91 Å². The Labute approximate surface area is 170 Å². The fourth-order valence-electron chi connectivity index (χ4n) is 3.33. The zero-order valence-corrected chi connectivity index (χ0v) is 17.1. The Kier molecular flexibility index (Phi) is 6.39. The third-order valence-electron chi connectivity index (χ3n) is 5.04. The Morgan fingerprint density at radius 2 is 2.07 bits per heavy atom. The van der Waals surface area contributed by atoms with Gasteiger partial charge in [-0.3, -0.25) is 4.79 Å². The Morgan fingerprint density at radius 1 is 1.36 bits per heavy atom. The van der Waals surface area contributed by atoms with Crippen molar-refractivity contribution in [2.45, 2.75) is 31.8 Å². The van der Waals surface area contributed by atoms with Gasteiger partial charge in [0.1, 0.15) is 11.9 Å². The standard InChI is InChI=1S/C21H25ClFN3O2/c1-14(12-19(27)25(2)3)15-4-6-16(7-5-15)28-17-9-11-26(13-17)18-8-10-24-21(22)20(18)23/h4-8,10,14,17H,9,11-13H2,1-3H3/t14-,17-/m1/s1. The van der Waals surface area contributed by atoms with Gasteiger partial charge in [0.05, 0.1) is 12.2 Å². The van der Waals surface area contributed by atoms with Gasteiger partial charge in [0.25, 0.3) is 0 Å². The van der Waals surface area contributed by atoms with Gasteiger partial charge in [-0.05, 0) is 29.7 Å². The van der Waals surface area contributed by atoms with Crippen LogP contribution in [-0.4, -0.2) is 49.1 Å². The molecule has 0 aliphatic carbocycles. The number of aromatic nitrogens is 1. The number of hydrogen-bond donors (Lipinski definition) is 0. The lowest BCUT2D eigenvalue weighted by Gasteiger charge is -2.20. The highest BCUT2D eigenvalue weighted by atomic mass is 35.5. The van der Waals surface area contributed by atoms with Crippen LogP contribution in [-0.2, 0) is 4.79 Å². The van der Waals surface area contributed by atoms with E-state index in [9.17, 15) is 9.18 Å². The number of amides is 1. The maximum Gasteiger partial charge on any atom is 0.222 e. The van der Waals surface area contributed by atoms with Crippen LogP contribution in [0.3, 0.4) is 0 Å². The maximum absolute atomic E-state index is 14.2. The smallest absolute Gasteiger partial charge is 0.222 e. The van der Waals surface area contributed by atoms with Crippen LogP contribution in [0.2, 0.25) is 5.15 Å². The fraction of sp³-hybridized carbons (Fsp3) is 0.429. The second-order valence-electron chi connectivity index (χ2n) is 7.37. The molecule has 5 nitrogen and oxygen atoms in total. The number of hydrogen-bond acceptors (Lipinski definition) is 4. The molecule has 0 radical (unpaired) electrons. The molecule has 1 aromatic heterocycles. The highest BCUT2D eigenvalue weighted by Crippen LogP contribution is 2.29. The zero-order chi connectivity index (χ0) is 20.3. The molecule has 1 fully saturated rings. The van der Waals surface area contributed by atoms with E-state index >= 15 is 0 Å². The van der Waals surface area contributed by atoms with Gasteiger partial charge < -0.3 is 14.5 Å². The number of anilines is 1. The van der Waals surface area contributed by atoms with E-state index < -0.39 is 5.82 Å². The molecule has 1 amide bonds. The molecule has 7 heteroatoms. The molecular formula is C21H25ClFN3O2. The summed E-state index contributed by atoms with van der Waals surface area (Å²) in [5.74, 6) is 0.540. The second-order valence-corrected chi connectivity index (χ2v) is 7.73. The van der Waals surface area contributed by atoms with Crippen LogP contribution in [0.5, 0.6) is 5.75 Å². The van der Waals surface area contributed by atoms with Gasteiger partial charge in [-0.1, -0.05) is 30.7 Å². The summed E-state index contributed by atoms with van der Waals surface area (Å²) in [6, 6.07) is 9.49. The lowest BCUT2D eigenvalue weighted by atomic mass is 9.97. The minimum atomic E-state index is -0.490. The molecule has 0 unspecified atom stereocenters. The Bertz CT molecular complexity index is 829. The number of pyridine rings is 1. The van der Waals surface area contributed by atoms with E-state index in [1.54, 1.807) is 25.1 Å². The monoisotopic (exact) mass is 405 g/mol. The quantitative estimate of drug-likeness (QED) is 0.678. The van der Waals surface area contributed by atoms with E-state index in [1.807, 2.05) is 36.1 Å². The van der Waals surface area contributed by atoms with Gasteiger partial charge >= 0.3 is 0 Å². The topological polar surface area (TPSA) is 45.7 Å². The number of benzene rings is 1. The number of carbonyl (C=O) groups excluding carboxylic acids is 1. The lowest BCUT2D eigenvalue weighted by Crippen LogP contribution is -2.25. The molecule has 0 N–H and O–H groups in total. The van der Waals surface area contributed by atoms with Crippen molar-refractivity contribution in [3.05, 3.63) is 53.1 Å². The highest BCUT2D eigenvalue weighted by Gasteiger charge is 2.27. The second kappa shape index (κ2) is 8.78. The van der Waals surface area contributed by atoms with Crippen LogP contribution in [0, 0.1) is 5.82 Å². The first kappa shape index (κ1) is 20.4. The van der Waals surface area contributed by atoms with Crippen LogP contribution in [0.25, 0.3) is 0 Å². The van der Waals surface area contributed by atoms with Crippen molar-refractivity contribution in [1.29, 1.82) is 0 Å². The van der Waals surface area contributed by atoms with E-state index in [0.717, 1.165) is 17.7 Å². The van der Waals surface area contributed by atoms with Gasteiger partial charge in [0.15, 0.2) is 11.0 Å². The summed E-state index contributed by atoms with van der Waals surface area (Å²) in [4.78, 5) is 19.2. The van der Waals surface area contributed by atoms with Crippen LogP contribution >= 0.6 is 11.6 Å². The van der Waals surface area contributed by atoms with E-state index in [0.29, 0.717) is 25.2 Å². The maximum atomic E-state index is 14.2. The van der Waals surface area contributed by atoms with Crippen LogP contribution in [0.15, 0.2) is 36.5 Å². The van der Waals surface area contributed by atoms with Gasteiger partial charge in [-0.25, -0.2) is 9.37 Å². The largest absolute Gasteiger partial charge is 0.489 e. The third-order valence-corrected chi connectivity index (χ3v) is 5.31. The number of rotatable bonds is 6. The van der Waals surface area contributed by atoms with Crippen molar-refractivity contribution >= 4 is 23.2 Å². The number of halogens is 2. The SMILES string of the molecule is C[C@H](CC(=O)N(C)C)c1ccc(O[C@@H]2CCN(c3ccnc(Cl)c3F)C2)cc1. The molecule has 150 valence electrons. The van der Waals surface area contributed by atoms with Crippen molar-refractivity contribution in [1.82, 2.24) is 9.88 Å². The summed E-state index contributed by atoms with van der Waals surface area (Å²) in [6.45, 7) is 3.33. The molecule has 1 aromatic carbocycles. The van der Waals surface area contributed by atoms with Gasteiger partial charge in [0, 0.05) is 39.7 Å². The minimum Gasteiger partial charge on any atom is -0.489 e. The molecule has 2 atom stereocenters. The van der Waals surface area contributed by atoms with E-state index in [4.69, 9.17) is 16.3 Å². The van der Waals surface area contributed by atoms with Gasteiger partial charge in [-0.15, -0.1) is 0 Å². The molecule has 1 saturated heterocycles. The van der Waals surface area contributed by atoms with Crippen LogP contribution in [0.1, 0.15) is 31.2 Å². The van der Waals surface area contributed by atoms with Crippen molar-refractivity contribution < 1.29 is 13.9 Å². The van der Waals surface area contributed by atoms with E-state index in [1.165, 1.54) is 6.20 Å². The van der Waals surface area contributed by atoms with Gasteiger partial charge in [-0.2, -0.15) is 0 Å². The number of ether oxygens (including phenoxy) is 1. The Balaban J connectivity index is 1.58. The van der Waals surface area contributed by atoms with Crippen LogP contribution in [0.4, 0.5) is 10.1 Å². The number of carbonyl (C=O) groups is 1. The molecule has 0 bridgehead atoms. The minimum absolute atomic E-state index is 0.0232. The summed E-state index contributed by atoms with van der Waals surface area (Å²) >= 11 is 5.78. The fourth-order valence-corrected chi connectivity index (χ4v) is 3.48. The van der Waals surface area contributed by atoms with Crippen molar-refractivity contribution in [2.75, 3.05) is 32.1 Å². The molecule has 2 heterocycles. The van der Waals surface area contributed by atoms with E-state index in [-0.39, 0.29) is 23.1 Å². The van der Waals surface area contributed by atoms with Crippen LogP contribution < -0.4 is 9.64 Å². The van der Waals surface area contributed by atoms with Crippen molar-refractivity contribution in [2.24, 2.45) is 0 Å². The summed E-state index contributed by atoms with van der Waals surface area (Å²) in [5, 5.41) is -0.112. The molecular weight excluding hydrogens is 381 g/mol. The Morgan fingerprint density at radius 3 is 2.75 bits per heavy atom. The third kappa shape index (κ3) is 4.73. The predicted molar refractivity (Wildman–Crippen MR) is 109 cm³/mol. The molecule has 1 aliphatic rings. The predicted octanol–water partition coefficient (Wildman–Crippen LogP) is 4.11. The summed E-state index contributed by atoms with van der Waals surface area (Å²) in [7, 11) is 3.53. The summed E-state index contributed by atoms with van der Waals surface area (Å²) in [5.41, 5.74) is 1.56.